The summed E-state index contributed by atoms with van der Waals surface area (Å²) in [5.74, 6) is 0. The van der Waals surface area contributed by atoms with Crippen molar-refractivity contribution in [3.63, 3.8) is 0 Å². The van der Waals surface area contributed by atoms with Crippen LogP contribution in [0.2, 0.25) is 0 Å². The monoisotopic (exact) mass is 242 g/mol. The Hall–Kier alpha value is -0.720. The summed E-state index contributed by atoms with van der Waals surface area (Å²) in [6, 6.07) is 0.487. The topological polar surface area (TPSA) is 64.3 Å². The van der Waals surface area contributed by atoms with Crippen molar-refractivity contribution in [2.75, 3.05) is 18.9 Å². The minimum atomic E-state index is 0.299. The molecule has 2 rings (SSSR count). The van der Waals surface area contributed by atoms with Crippen molar-refractivity contribution in [3.8, 4) is 0 Å². The molecule has 2 heterocycles. The van der Waals surface area contributed by atoms with Crippen molar-refractivity contribution in [3.05, 3.63) is 5.01 Å². The van der Waals surface area contributed by atoms with Gasteiger partial charge in [0.05, 0.1) is 19.3 Å². The molecule has 1 aromatic heterocycles. The molecule has 2 unspecified atom stereocenters. The predicted molar refractivity (Wildman–Crippen MR) is 64.2 cm³/mol. The lowest BCUT2D eigenvalue weighted by Crippen LogP contribution is -2.47. The van der Waals surface area contributed by atoms with Gasteiger partial charge >= 0.3 is 0 Å². The SMILES string of the molecule is CCC1COC(C)CN1Cc1nnc(N)s1. The Morgan fingerprint density at radius 2 is 2.38 bits per heavy atom. The summed E-state index contributed by atoms with van der Waals surface area (Å²) in [6.07, 6.45) is 1.40. The van der Waals surface area contributed by atoms with Gasteiger partial charge in [-0.05, 0) is 13.3 Å². The first-order chi connectivity index (χ1) is 7.69. The first-order valence-electron chi connectivity index (χ1n) is 5.62. The summed E-state index contributed by atoms with van der Waals surface area (Å²) in [5, 5.41) is 9.44. The normalized spacial score (nSPS) is 27.1. The minimum absolute atomic E-state index is 0.299. The molecular formula is C10H18N4OS. The van der Waals surface area contributed by atoms with Gasteiger partial charge < -0.3 is 10.5 Å². The Balaban J connectivity index is 2.00. The number of hydrogen-bond acceptors (Lipinski definition) is 6. The number of nitrogen functional groups attached to an aromatic ring is 1. The molecule has 1 aromatic rings. The van der Waals surface area contributed by atoms with Gasteiger partial charge in [-0.3, -0.25) is 4.90 Å². The van der Waals surface area contributed by atoms with E-state index in [9.17, 15) is 0 Å². The number of anilines is 1. The highest BCUT2D eigenvalue weighted by Crippen LogP contribution is 2.20. The average molecular weight is 242 g/mol. The fourth-order valence-electron chi connectivity index (χ4n) is 1.99. The molecule has 1 fully saturated rings. The lowest BCUT2D eigenvalue weighted by molar-refractivity contribution is -0.0592. The van der Waals surface area contributed by atoms with Crippen LogP contribution in [0.15, 0.2) is 0 Å². The van der Waals surface area contributed by atoms with Crippen molar-refractivity contribution in [2.24, 2.45) is 0 Å². The van der Waals surface area contributed by atoms with E-state index in [-0.39, 0.29) is 0 Å². The zero-order valence-electron chi connectivity index (χ0n) is 9.72. The quantitative estimate of drug-likeness (QED) is 0.860. The third kappa shape index (κ3) is 2.69. The molecular weight excluding hydrogens is 224 g/mol. The van der Waals surface area contributed by atoms with Crippen LogP contribution < -0.4 is 5.73 Å². The summed E-state index contributed by atoms with van der Waals surface area (Å²) in [5.41, 5.74) is 5.58. The lowest BCUT2D eigenvalue weighted by Gasteiger charge is -2.37. The fourth-order valence-corrected chi connectivity index (χ4v) is 2.62. The van der Waals surface area contributed by atoms with E-state index in [1.807, 2.05) is 0 Å². The number of hydrogen-bond donors (Lipinski definition) is 1. The smallest absolute Gasteiger partial charge is 0.203 e. The van der Waals surface area contributed by atoms with E-state index < -0.39 is 0 Å². The van der Waals surface area contributed by atoms with Crippen molar-refractivity contribution in [1.82, 2.24) is 15.1 Å². The van der Waals surface area contributed by atoms with Gasteiger partial charge in [-0.1, -0.05) is 18.3 Å². The molecule has 0 spiro atoms. The molecule has 1 aliphatic heterocycles. The van der Waals surface area contributed by atoms with Gasteiger partial charge in [0.1, 0.15) is 5.01 Å². The molecule has 0 saturated carbocycles. The van der Waals surface area contributed by atoms with Crippen molar-refractivity contribution in [2.45, 2.75) is 39.0 Å². The van der Waals surface area contributed by atoms with Gasteiger partial charge in [0.2, 0.25) is 5.13 Å². The molecule has 5 nitrogen and oxygen atoms in total. The van der Waals surface area contributed by atoms with E-state index in [1.165, 1.54) is 11.3 Å². The molecule has 16 heavy (non-hydrogen) atoms. The molecule has 1 saturated heterocycles. The lowest BCUT2D eigenvalue weighted by atomic mass is 10.1. The number of nitrogens with zero attached hydrogens (tertiary/aromatic N) is 3. The minimum Gasteiger partial charge on any atom is -0.376 e. The molecule has 90 valence electrons. The maximum absolute atomic E-state index is 5.66. The van der Waals surface area contributed by atoms with Crippen LogP contribution in [0.3, 0.4) is 0 Å². The van der Waals surface area contributed by atoms with Crippen LogP contribution in [0.25, 0.3) is 0 Å². The standard InChI is InChI=1S/C10H18N4OS/c1-3-8-6-15-7(2)4-14(8)5-9-12-13-10(11)16-9/h7-8H,3-6H2,1-2H3,(H2,11,13). The van der Waals surface area contributed by atoms with Gasteiger partial charge in [-0.25, -0.2) is 0 Å². The maximum atomic E-state index is 5.66. The molecule has 0 radical (unpaired) electrons. The number of rotatable bonds is 3. The predicted octanol–water partition coefficient (Wildman–Crippen LogP) is 1.12. The van der Waals surface area contributed by atoms with Crippen LogP contribution in [0.5, 0.6) is 0 Å². The second kappa shape index (κ2) is 5.07. The molecule has 2 atom stereocenters. The summed E-state index contributed by atoms with van der Waals surface area (Å²) < 4.78 is 5.66. The highest BCUT2D eigenvalue weighted by atomic mass is 32.1. The molecule has 2 N–H and O–H groups in total. The Bertz CT molecular complexity index is 343. The van der Waals surface area contributed by atoms with E-state index in [4.69, 9.17) is 10.5 Å². The van der Waals surface area contributed by atoms with Crippen molar-refractivity contribution in [1.29, 1.82) is 0 Å². The van der Waals surface area contributed by atoms with Crippen LogP contribution in [0.1, 0.15) is 25.3 Å². The molecule has 6 heteroatoms. The van der Waals surface area contributed by atoms with Crippen LogP contribution in [0.4, 0.5) is 5.13 Å². The summed E-state index contributed by atoms with van der Waals surface area (Å²) in [6.45, 7) is 6.89. The highest BCUT2D eigenvalue weighted by Gasteiger charge is 2.26. The maximum Gasteiger partial charge on any atom is 0.203 e. The first kappa shape index (κ1) is 11.8. The van der Waals surface area contributed by atoms with E-state index in [0.29, 0.717) is 17.3 Å². The van der Waals surface area contributed by atoms with Crippen LogP contribution in [-0.4, -0.2) is 40.4 Å². The Morgan fingerprint density at radius 3 is 3.00 bits per heavy atom. The average Bonchev–Trinajstić information content (AvgIpc) is 2.64. The second-order valence-electron chi connectivity index (χ2n) is 4.17. The Labute approximate surface area is 99.6 Å². The Kier molecular flexibility index (Phi) is 3.73. The summed E-state index contributed by atoms with van der Waals surface area (Å²) in [7, 11) is 0. The van der Waals surface area contributed by atoms with Gasteiger partial charge in [0.15, 0.2) is 0 Å². The number of ether oxygens (including phenoxy) is 1. The van der Waals surface area contributed by atoms with Crippen LogP contribution in [0, 0.1) is 0 Å². The van der Waals surface area contributed by atoms with Crippen molar-refractivity contribution < 1.29 is 4.74 Å². The summed E-state index contributed by atoms with van der Waals surface area (Å²) >= 11 is 1.47. The molecule has 0 aliphatic carbocycles. The van der Waals surface area contributed by atoms with Gasteiger partial charge in [-0.15, -0.1) is 10.2 Å². The third-order valence-corrected chi connectivity index (χ3v) is 3.61. The fraction of sp³-hybridized carbons (Fsp3) is 0.800. The van der Waals surface area contributed by atoms with Crippen LogP contribution in [-0.2, 0) is 11.3 Å². The molecule has 0 amide bonds. The zero-order valence-corrected chi connectivity index (χ0v) is 10.5. The number of morpholine rings is 1. The van der Waals surface area contributed by atoms with Crippen LogP contribution >= 0.6 is 11.3 Å². The van der Waals surface area contributed by atoms with E-state index in [2.05, 4.69) is 28.9 Å². The zero-order chi connectivity index (χ0) is 11.5. The van der Waals surface area contributed by atoms with Crippen molar-refractivity contribution >= 4 is 16.5 Å². The van der Waals surface area contributed by atoms with E-state index in [0.717, 1.165) is 31.1 Å². The largest absolute Gasteiger partial charge is 0.376 e. The number of nitrogens with two attached hydrogens (primary N) is 1. The summed E-state index contributed by atoms with van der Waals surface area (Å²) in [4.78, 5) is 2.41. The van der Waals surface area contributed by atoms with Gasteiger partial charge in [0, 0.05) is 12.6 Å². The molecule has 1 aliphatic rings. The van der Waals surface area contributed by atoms with E-state index in [1.54, 1.807) is 0 Å². The number of aromatic nitrogens is 2. The first-order valence-corrected chi connectivity index (χ1v) is 6.44. The van der Waals surface area contributed by atoms with Gasteiger partial charge in [-0.2, -0.15) is 0 Å². The van der Waals surface area contributed by atoms with E-state index >= 15 is 0 Å². The third-order valence-electron chi connectivity index (χ3n) is 2.87. The molecule has 0 bridgehead atoms. The second-order valence-corrected chi connectivity index (χ2v) is 5.26. The molecule has 0 aromatic carbocycles. The highest BCUT2D eigenvalue weighted by molar-refractivity contribution is 7.15. The Morgan fingerprint density at radius 1 is 1.56 bits per heavy atom. The van der Waals surface area contributed by atoms with Gasteiger partial charge in [0.25, 0.3) is 0 Å².